The first-order chi connectivity index (χ1) is 10.3. The van der Waals surface area contributed by atoms with Gasteiger partial charge >= 0.3 is 0 Å². The number of benzene rings is 3. The minimum atomic E-state index is 1.06. The quantitative estimate of drug-likeness (QED) is 0.303. The maximum atomic E-state index is 3.60. The number of hydrogen-bond acceptors (Lipinski definition) is 1. The van der Waals surface area contributed by atoms with E-state index in [1.54, 1.807) is 0 Å². The van der Waals surface area contributed by atoms with Crippen LogP contribution in [-0.2, 0) is 6.42 Å². The van der Waals surface area contributed by atoms with Crippen molar-refractivity contribution in [3.63, 3.8) is 0 Å². The lowest BCUT2D eigenvalue weighted by Crippen LogP contribution is -1.78. The van der Waals surface area contributed by atoms with Crippen molar-refractivity contribution in [3.8, 4) is 11.1 Å². The van der Waals surface area contributed by atoms with E-state index in [-0.39, 0.29) is 0 Å². The first kappa shape index (κ1) is 12.0. The Kier molecular flexibility index (Phi) is 2.38. The molecule has 0 saturated heterocycles. The fourth-order valence-electron chi connectivity index (χ4n) is 3.37. The van der Waals surface area contributed by atoms with E-state index in [2.05, 4.69) is 70.5 Å². The van der Waals surface area contributed by atoms with Gasteiger partial charge in [-0.1, -0.05) is 40.2 Å². The Bertz CT molecular complexity index is 1030. The van der Waals surface area contributed by atoms with E-state index in [1.165, 1.54) is 42.4 Å². The molecule has 1 heterocycles. The highest BCUT2D eigenvalue weighted by Gasteiger charge is 2.20. The lowest BCUT2D eigenvalue weighted by atomic mass is 10.0. The monoisotopic (exact) mass is 350 g/mol. The first-order valence-corrected chi connectivity index (χ1v) is 8.63. The van der Waals surface area contributed by atoms with Gasteiger partial charge in [0.15, 0.2) is 0 Å². The molecular formula is C19H11BrS. The molecule has 0 unspecified atom stereocenters. The van der Waals surface area contributed by atoms with Crippen LogP contribution in [-0.4, -0.2) is 0 Å². The van der Waals surface area contributed by atoms with Gasteiger partial charge in [0.25, 0.3) is 0 Å². The third kappa shape index (κ3) is 1.66. The zero-order valence-electron chi connectivity index (χ0n) is 11.2. The van der Waals surface area contributed by atoms with Crippen molar-refractivity contribution in [1.29, 1.82) is 0 Å². The smallest absolute Gasteiger partial charge is 0.0358 e. The summed E-state index contributed by atoms with van der Waals surface area (Å²) in [6, 6.07) is 20.1. The SMILES string of the molecule is Brc1ccc2c(c1)-c1cc3c(cc1C2)sc1ccccc13. The van der Waals surface area contributed by atoms with Crippen LogP contribution < -0.4 is 0 Å². The van der Waals surface area contributed by atoms with Gasteiger partial charge in [-0.2, -0.15) is 0 Å². The van der Waals surface area contributed by atoms with Crippen molar-refractivity contribution in [3.05, 3.63) is 70.2 Å². The van der Waals surface area contributed by atoms with E-state index in [0.717, 1.165) is 10.9 Å². The summed E-state index contributed by atoms with van der Waals surface area (Å²) >= 11 is 5.50. The molecule has 0 spiro atoms. The van der Waals surface area contributed by atoms with Crippen molar-refractivity contribution in [1.82, 2.24) is 0 Å². The number of rotatable bonds is 0. The van der Waals surface area contributed by atoms with Crippen LogP contribution in [0.3, 0.4) is 0 Å². The van der Waals surface area contributed by atoms with E-state index < -0.39 is 0 Å². The second-order valence-electron chi connectivity index (χ2n) is 5.58. The highest BCUT2D eigenvalue weighted by molar-refractivity contribution is 9.10. The van der Waals surface area contributed by atoms with Gasteiger partial charge in [0.2, 0.25) is 0 Å². The second-order valence-corrected chi connectivity index (χ2v) is 7.58. The molecule has 0 nitrogen and oxygen atoms in total. The minimum absolute atomic E-state index is 1.06. The molecule has 0 bridgehead atoms. The summed E-state index contributed by atoms with van der Waals surface area (Å²) in [7, 11) is 0. The van der Waals surface area contributed by atoms with Crippen LogP contribution in [0, 0.1) is 0 Å². The van der Waals surface area contributed by atoms with Gasteiger partial charge in [0.05, 0.1) is 0 Å². The number of thiophene rings is 1. The molecule has 2 heteroatoms. The van der Waals surface area contributed by atoms with E-state index in [4.69, 9.17) is 0 Å². The maximum absolute atomic E-state index is 3.60. The predicted octanol–water partition coefficient (Wildman–Crippen LogP) is 6.39. The Balaban J connectivity index is 1.89. The summed E-state index contributed by atoms with van der Waals surface area (Å²) in [5, 5.41) is 2.77. The third-order valence-electron chi connectivity index (χ3n) is 4.35. The average Bonchev–Trinajstić information content (AvgIpc) is 3.02. The van der Waals surface area contributed by atoms with Gasteiger partial charge in [-0.3, -0.25) is 0 Å². The van der Waals surface area contributed by atoms with Gasteiger partial charge in [-0.05, 0) is 59.0 Å². The molecule has 4 aromatic rings. The molecule has 1 aliphatic carbocycles. The third-order valence-corrected chi connectivity index (χ3v) is 5.97. The lowest BCUT2D eigenvalue weighted by molar-refractivity contribution is 1.27. The summed E-state index contributed by atoms with van der Waals surface area (Å²) in [4.78, 5) is 0. The molecule has 0 radical (unpaired) electrons. The highest BCUT2D eigenvalue weighted by atomic mass is 79.9. The van der Waals surface area contributed by atoms with Crippen LogP contribution in [0.5, 0.6) is 0 Å². The normalized spacial score (nSPS) is 12.8. The van der Waals surface area contributed by atoms with Crippen molar-refractivity contribution in [2.45, 2.75) is 6.42 Å². The van der Waals surface area contributed by atoms with E-state index >= 15 is 0 Å². The van der Waals surface area contributed by atoms with Crippen LogP contribution in [0.1, 0.15) is 11.1 Å². The van der Waals surface area contributed by atoms with Crippen molar-refractivity contribution in [2.24, 2.45) is 0 Å². The van der Waals surface area contributed by atoms with Gasteiger partial charge < -0.3 is 0 Å². The molecule has 0 fully saturated rings. The molecule has 21 heavy (non-hydrogen) atoms. The second kappa shape index (κ2) is 4.19. The van der Waals surface area contributed by atoms with Crippen LogP contribution in [0.4, 0.5) is 0 Å². The minimum Gasteiger partial charge on any atom is -0.135 e. The van der Waals surface area contributed by atoms with Crippen LogP contribution >= 0.6 is 27.3 Å². The van der Waals surface area contributed by atoms with E-state index in [1.807, 2.05) is 11.3 Å². The zero-order valence-corrected chi connectivity index (χ0v) is 13.6. The molecular weight excluding hydrogens is 340 g/mol. The van der Waals surface area contributed by atoms with Crippen molar-refractivity contribution >= 4 is 47.4 Å². The zero-order chi connectivity index (χ0) is 14.0. The summed E-state index contributed by atoms with van der Waals surface area (Å²) in [6.45, 7) is 0. The fourth-order valence-corrected chi connectivity index (χ4v) is 4.88. The van der Waals surface area contributed by atoms with Crippen molar-refractivity contribution < 1.29 is 0 Å². The molecule has 0 atom stereocenters. The van der Waals surface area contributed by atoms with Crippen LogP contribution in [0.15, 0.2) is 59.1 Å². The summed E-state index contributed by atoms with van der Waals surface area (Å²) in [6.07, 6.45) is 1.06. The Morgan fingerprint density at radius 2 is 1.62 bits per heavy atom. The standard InChI is InChI=1S/C19H11BrS/c20-13-6-5-11-7-12-8-19-17(10-16(12)15(11)9-13)14-3-1-2-4-18(14)21-19/h1-6,8-10H,7H2. The highest BCUT2D eigenvalue weighted by Crippen LogP contribution is 2.43. The summed E-state index contributed by atoms with van der Waals surface area (Å²) in [5.41, 5.74) is 5.69. The lowest BCUT2D eigenvalue weighted by Gasteiger charge is -2.02. The van der Waals surface area contributed by atoms with E-state index in [0.29, 0.717) is 0 Å². The fraction of sp³-hybridized carbons (Fsp3) is 0.0526. The van der Waals surface area contributed by atoms with Gasteiger partial charge in [0, 0.05) is 24.6 Å². The van der Waals surface area contributed by atoms with Crippen LogP contribution in [0.25, 0.3) is 31.3 Å². The number of hydrogen-bond donors (Lipinski definition) is 0. The molecule has 5 rings (SSSR count). The summed E-state index contributed by atoms with van der Waals surface area (Å²) in [5.74, 6) is 0. The van der Waals surface area contributed by atoms with Crippen molar-refractivity contribution in [2.75, 3.05) is 0 Å². The first-order valence-electron chi connectivity index (χ1n) is 7.02. The number of halogens is 1. The Morgan fingerprint density at radius 1 is 0.762 bits per heavy atom. The molecule has 1 aliphatic rings. The van der Waals surface area contributed by atoms with Gasteiger partial charge in [-0.15, -0.1) is 11.3 Å². The maximum Gasteiger partial charge on any atom is 0.0358 e. The molecule has 1 aromatic heterocycles. The molecule has 3 aromatic carbocycles. The largest absolute Gasteiger partial charge is 0.135 e. The molecule has 0 N–H and O–H groups in total. The Labute approximate surface area is 135 Å². The number of fused-ring (bicyclic) bond motifs is 6. The molecule has 100 valence electrons. The van der Waals surface area contributed by atoms with E-state index in [9.17, 15) is 0 Å². The molecule has 0 amide bonds. The topological polar surface area (TPSA) is 0 Å². The van der Waals surface area contributed by atoms with Crippen LogP contribution in [0.2, 0.25) is 0 Å². The molecule has 0 saturated carbocycles. The van der Waals surface area contributed by atoms with Gasteiger partial charge in [-0.25, -0.2) is 0 Å². The summed E-state index contributed by atoms with van der Waals surface area (Å²) < 4.78 is 3.94. The van der Waals surface area contributed by atoms with Gasteiger partial charge in [0.1, 0.15) is 0 Å². The molecule has 0 aliphatic heterocycles. The Hall–Kier alpha value is -1.64. The predicted molar refractivity (Wildman–Crippen MR) is 95.3 cm³/mol. The average molecular weight is 351 g/mol. The Morgan fingerprint density at radius 3 is 2.57 bits per heavy atom.